The first kappa shape index (κ1) is 32.7. The smallest absolute Gasteiger partial charge is 0.266 e. The Morgan fingerprint density at radius 3 is 2.47 bits per heavy atom. The average molecular weight is 630 g/mol. The Bertz CT molecular complexity index is 1640. The number of carbonyl (C=O) groups excluding carboxylic acids is 1. The lowest BCUT2D eigenvalue weighted by Gasteiger charge is -2.41. The summed E-state index contributed by atoms with van der Waals surface area (Å²) >= 11 is 0. The molecule has 0 bridgehead atoms. The molecule has 45 heavy (non-hydrogen) atoms. The maximum absolute atomic E-state index is 15.2. The zero-order chi connectivity index (χ0) is 32.6. The third-order valence-corrected chi connectivity index (χ3v) is 9.17. The molecule has 1 amide bonds. The molecule has 3 aromatic rings. The van der Waals surface area contributed by atoms with E-state index in [9.17, 15) is 18.4 Å². The van der Waals surface area contributed by atoms with Crippen molar-refractivity contribution in [2.45, 2.75) is 71.1 Å². The van der Waals surface area contributed by atoms with Crippen LogP contribution in [-0.4, -0.2) is 71.2 Å². The number of fused-ring (bicyclic) bond motifs is 1. The number of nitrogens with zero attached hydrogens (tertiary/aromatic N) is 4. The van der Waals surface area contributed by atoms with Crippen molar-refractivity contribution in [3.8, 4) is 5.75 Å². The van der Waals surface area contributed by atoms with Crippen molar-refractivity contribution in [3.63, 3.8) is 0 Å². The maximum Gasteiger partial charge on any atom is 0.266 e. The lowest BCUT2D eigenvalue weighted by Crippen LogP contribution is -2.48. The molecule has 2 aromatic heterocycles. The Balaban J connectivity index is 1.68. The Kier molecular flexibility index (Phi) is 9.46. The van der Waals surface area contributed by atoms with Gasteiger partial charge in [0.2, 0.25) is 5.91 Å². The first-order chi connectivity index (χ1) is 21.4. The van der Waals surface area contributed by atoms with Crippen LogP contribution in [0.1, 0.15) is 74.9 Å². The summed E-state index contributed by atoms with van der Waals surface area (Å²) in [7, 11) is 3.71. The number of hydrogen-bond acceptors (Lipinski definition) is 7. The largest absolute Gasteiger partial charge is 0.485 e. The Hall–Kier alpha value is -3.64. The summed E-state index contributed by atoms with van der Waals surface area (Å²) in [5.74, 6) is -0.164. The van der Waals surface area contributed by atoms with Crippen LogP contribution in [0.2, 0.25) is 0 Å². The molecule has 5 rings (SSSR count). The molecular formula is C33H42F3N5O4. The van der Waals surface area contributed by atoms with Gasteiger partial charge in [0.25, 0.3) is 12.0 Å². The number of aryl methyl sites for hydroxylation is 2. The highest BCUT2D eigenvalue weighted by Gasteiger charge is 2.41. The third-order valence-electron chi connectivity index (χ3n) is 9.17. The van der Waals surface area contributed by atoms with Gasteiger partial charge in [0, 0.05) is 57.7 Å². The highest BCUT2D eigenvalue weighted by Crippen LogP contribution is 2.41. The van der Waals surface area contributed by atoms with Gasteiger partial charge in [-0.25, -0.2) is 18.2 Å². The number of hydrogen-bond donors (Lipinski definition) is 1. The molecule has 1 aromatic carbocycles. The monoisotopic (exact) mass is 629 g/mol. The lowest BCUT2D eigenvalue weighted by atomic mass is 9.84. The van der Waals surface area contributed by atoms with Crippen molar-refractivity contribution in [1.82, 2.24) is 19.4 Å². The lowest BCUT2D eigenvalue weighted by molar-refractivity contribution is -0.136. The van der Waals surface area contributed by atoms with Crippen LogP contribution in [0.15, 0.2) is 29.1 Å². The van der Waals surface area contributed by atoms with Crippen molar-refractivity contribution >= 4 is 22.6 Å². The van der Waals surface area contributed by atoms with Crippen LogP contribution < -0.4 is 15.6 Å². The van der Waals surface area contributed by atoms with Gasteiger partial charge in [-0.05, 0) is 53.1 Å². The average Bonchev–Trinajstić information content (AvgIpc) is 3.41. The molecule has 0 saturated carbocycles. The fourth-order valence-corrected chi connectivity index (χ4v) is 6.68. The highest BCUT2D eigenvalue weighted by atomic mass is 19.3. The predicted molar refractivity (Wildman–Crippen MR) is 166 cm³/mol. The molecule has 2 atom stereocenters. The number of amides is 1. The van der Waals surface area contributed by atoms with Gasteiger partial charge in [-0.3, -0.25) is 9.59 Å². The molecule has 2 aliphatic heterocycles. The number of anilines is 1. The summed E-state index contributed by atoms with van der Waals surface area (Å²) < 4.78 is 56.6. The van der Waals surface area contributed by atoms with Crippen molar-refractivity contribution in [2.75, 3.05) is 45.2 Å². The van der Waals surface area contributed by atoms with E-state index in [-0.39, 0.29) is 23.1 Å². The summed E-state index contributed by atoms with van der Waals surface area (Å²) in [6.45, 7) is 9.71. The second kappa shape index (κ2) is 13.0. The molecule has 1 N–H and O–H groups in total. The van der Waals surface area contributed by atoms with E-state index in [0.29, 0.717) is 66.3 Å². The molecule has 12 heteroatoms. The molecule has 2 saturated heterocycles. The van der Waals surface area contributed by atoms with Gasteiger partial charge in [0.1, 0.15) is 23.3 Å². The molecule has 0 unspecified atom stereocenters. The van der Waals surface area contributed by atoms with Gasteiger partial charge < -0.3 is 29.2 Å². The molecular weight excluding hydrogens is 587 g/mol. The molecule has 2 aliphatic rings. The van der Waals surface area contributed by atoms with E-state index in [1.807, 2.05) is 14.0 Å². The number of likely N-dealkylation sites (tertiary alicyclic amines) is 2. The Morgan fingerprint density at radius 1 is 1.18 bits per heavy atom. The SMILES string of the molecule is CCOC1(c2cc3c(N[C@H](C)c4cccc(C(F)F)c4F)nc(C)c(O[C@H]4CCN(C)C4)c3n(C)c2=O)CCN(C(C)=O)CC1. The normalized spacial score (nSPS) is 19.3. The molecule has 0 radical (unpaired) electrons. The molecule has 2 fully saturated rings. The summed E-state index contributed by atoms with van der Waals surface area (Å²) in [5.41, 5.74) is -0.296. The minimum Gasteiger partial charge on any atom is -0.485 e. The van der Waals surface area contributed by atoms with Crippen molar-refractivity contribution < 1.29 is 27.4 Å². The predicted octanol–water partition coefficient (Wildman–Crippen LogP) is 5.45. The van der Waals surface area contributed by atoms with E-state index in [1.54, 1.807) is 36.4 Å². The van der Waals surface area contributed by atoms with Crippen LogP contribution in [0, 0.1) is 12.7 Å². The number of piperidine rings is 1. The maximum atomic E-state index is 15.2. The zero-order valence-electron chi connectivity index (χ0n) is 26.8. The number of likely N-dealkylation sites (N-methyl/N-ethyl adjacent to an activating group) is 1. The number of alkyl halides is 2. The second-order valence-corrected chi connectivity index (χ2v) is 12.2. The number of halogens is 3. The van der Waals surface area contributed by atoms with E-state index < -0.39 is 29.4 Å². The summed E-state index contributed by atoms with van der Waals surface area (Å²) in [5, 5.41) is 3.81. The molecule has 0 aliphatic carbocycles. The number of rotatable bonds is 9. The second-order valence-electron chi connectivity index (χ2n) is 12.2. The molecule has 0 spiro atoms. The fraction of sp³-hybridized carbons (Fsp3) is 0.545. The molecule has 244 valence electrons. The minimum absolute atomic E-state index is 0.0332. The van der Waals surface area contributed by atoms with E-state index in [2.05, 4.69) is 10.2 Å². The van der Waals surface area contributed by atoms with E-state index in [4.69, 9.17) is 14.5 Å². The van der Waals surface area contributed by atoms with Gasteiger partial charge >= 0.3 is 0 Å². The number of aromatic nitrogens is 2. The number of carbonyl (C=O) groups is 1. The van der Waals surface area contributed by atoms with Crippen molar-refractivity contribution in [1.29, 1.82) is 0 Å². The van der Waals surface area contributed by atoms with Crippen LogP contribution in [0.25, 0.3) is 10.9 Å². The summed E-state index contributed by atoms with van der Waals surface area (Å²) in [6.07, 6.45) is -1.36. The number of nitrogens with one attached hydrogen (secondary N) is 1. The van der Waals surface area contributed by atoms with Crippen LogP contribution >= 0.6 is 0 Å². The third kappa shape index (κ3) is 6.27. The zero-order valence-corrected chi connectivity index (χ0v) is 26.8. The van der Waals surface area contributed by atoms with Gasteiger partial charge in [-0.15, -0.1) is 0 Å². The van der Waals surface area contributed by atoms with Crippen LogP contribution in [0.5, 0.6) is 5.75 Å². The van der Waals surface area contributed by atoms with Crippen LogP contribution in [-0.2, 0) is 22.2 Å². The van der Waals surface area contributed by atoms with Gasteiger partial charge in [-0.2, -0.15) is 0 Å². The number of benzene rings is 1. The quantitative estimate of drug-likeness (QED) is 0.337. The van der Waals surface area contributed by atoms with E-state index >= 15 is 4.39 Å². The van der Waals surface area contributed by atoms with E-state index in [1.165, 1.54) is 19.1 Å². The first-order valence-electron chi connectivity index (χ1n) is 15.5. The standard InChI is InChI=1S/C33H42F3N5O4/c1-7-44-33(12-15-41(16-13-33)21(4)42)26-17-25-28(40(6)32(26)43)29(45-22-11-14-39(5)18-22)20(3)38-31(25)37-19(2)23-9-8-10-24(27(23)34)30(35)36/h8-10,17,19,22,30H,7,11-16,18H2,1-6H3,(H,37,38)/t19-,22+/m1/s1. The molecule has 9 nitrogen and oxygen atoms in total. The van der Waals surface area contributed by atoms with Gasteiger partial charge in [0.05, 0.1) is 28.4 Å². The molecule has 4 heterocycles. The van der Waals surface area contributed by atoms with Crippen LogP contribution in [0.4, 0.5) is 19.0 Å². The van der Waals surface area contributed by atoms with Gasteiger partial charge in [0.15, 0.2) is 5.75 Å². The van der Waals surface area contributed by atoms with Gasteiger partial charge in [-0.1, -0.05) is 18.2 Å². The van der Waals surface area contributed by atoms with Crippen molar-refractivity contribution in [2.24, 2.45) is 7.05 Å². The Morgan fingerprint density at radius 2 is 1.87 bits per heavy atom. The Labute approximate surface area is 261 Å². The summed E-state index contributed by atoms with van der Waals surface area (Å²) in [4.78, 5) is 35.1. The van der Waals surface area contributed by atoms with E-state index in [0.717, 1.165) is 25.6 Å². The first-order valence-corrected chi connectivity index (χ1v) is 15.5. The highest BCUT2D eigenvalue weighted by molar-refractivity contribution is 5.95. The topological polar surface area (TPSA) is 88.9 Å². The minimum atomic E-state index is -2.95. The van der Waals surface area contributed by atoms with Crippen molar-refractivity contribution in [3.05, 3.63) is 62.8 Å². The number of ether oxygens (including phenoxy) is 2. The number of pyridine rings is 2. The summed E-state index contributed by atoms with van der Waals surface area (Å²) in [6, 6.07) is 4.99. The van der Waals surface area contributed by atoms with Crippen LogP contribution in [0.3, 0.4) is 0 Å². The fourth-order valence-electron chi connectivity index (χ4n) is 6.68.